The maximum Gasteiger partial charge on any atom is 0.307 e. The van der Waals surface area contributed by atoms with Gasteiger partial charge in [0, 0.05) is 12.1 Å². The molecule has 1 aromatic carbocycles. The Balaban J connectivity index is 1.61. The highest BCUT2D eigenvalue weighted by Gasteiger charge is 2.44. The third-order valence-corrected chi connectivity index (χ3v) is 5.26. The van der Waals surface area contributed by atoms with Crippen molar-refractivity contribution in [2.45, 2.75) is 64.1 Å². The number of fused-ring (bicyclic) bond motifs is 2. The fourth-order valence-corrected chi connectivity index (χ4v) is 3.99. The van der Waals surface area contributed by atoms with Gasteiger partial charge in [0.1, 0.15) is 0 Å². The van der Waals surface area contributed by atoms with E-state index in [9.17, 15) is 4.79 Å². The lowest BCUT2D eigenvalue weighted by Gasteiger charge is -2.22. The number of aliphatic carboxylic acids is 1. The SMILES string of the molecule is CCCCCONC=C1[C@H]2CC[C@H](O2)[C@H]1Cc1cccc(CC(=O)O)c1. The molecule has 0 aromatic heterocycles. The lowest BCUT2D eigenvalue weighted by molar-refractivity contribution is -0.136. The van der Waals surface area contributed by atoms with Gasteiger partial charge in [-0.05, 0) is 42.4 Å². The molecule has 2 fully saturated rings. The third-order valence-electron chi connectivity index (χ3n) is 5.26. The maximum atomic E-state index is 10.9. The van der Waals surface area contributed by atoms with Crippen LogP contribution in [0.2, 0.25) is 0 Å². The number of carboxylic acids is 1. The van der Waals surface area contributed by atoms with E-state index in [0.29, 0.717) is 12.5 Å². The number of benzene rings is 1. The molecule has 0 radical (unpaired) electrons. The van der Waals surface area contributed by atoms with E-state index in [1.165, 1.54) is 24.0 Å². The summed E-state index contributed by atoms with van der Waals surface area (Å²) in [4.78, 5) is 16.5. The minimum Gasteiger partial charge on any atom is -0.481 e. The van der Waals surface area contributed by atoms with Crippen LogP contribution in [0.3, 0.4) is 0 Å². The molecule has 0 aliphatic carbocycles. The summed E-state index contributed by atoms with van der Waals surface area (Å²) in [5.74, 6) is -0.462. The Hall–Kier alpha value is -1.85. The van der Waals surface area contributed by atoms with Crippen molar-refractivity contribution in [3.8, 4) is 0 Å². The maximum absolute atomic E-state index is 10.9. The van der Waals surface area contributed by atoms with Crippen molar-refractivity contribution in [2.75, 3.05) is 6.61 Å². The average Bonchev–Trinajstić information content (AvgIpc) is 3.20. The predicted molar refractivity (Wildman–Crippen MR) is 99.6 cm³/mol. The van der Waals surface area contributed by atoms with E-state index in [2.05, 4.69) is 18.5 Å². The molecule has 0 amide bonds. The summed E-state index contributed by atoms with van der Waals surface area (Å²) in [6.45, 7) is 2.90. The molecule has 2 aliphatic rings. The minimum atomic E-state index is -0.796. The Morgan fingerprint density at radius 3 is 3.00 bits per heavy atom. The van der Waals surface area contributed by atoms with E-state index in [4.69, 9.17) is 14.7 Å². The molecule has 5 heteroatoms. The molecular weight excluding hydrogens is 330 g/mol. The van der Waals surface area contributed by atoms with Crippen molar-refractivity contribution in [3.63, 3.8) is 0 Å². The van der Waals surface area contributed by atoms with Crippen molar-refractivity contribution in [1.29, 1.82) is 0 Å². The molecule has 0 unspecified atom stereocenters. The average molecular weight is 359 g/mol. The lowest BCUT2D eigenvalue weighted by atomic mass is 9.81. The number of carbonyl (C=O) groups is 1. The van der Waals surface area contributed by atoms with E-state index in [1.807, 2.05) is 24.4 Å². The summed E-state index contributed by atoms with van der Waals surface area (Å²) < 4.78 is 6.10. The van der Waals surface area contributed by atoms with E-state index < -0.39 is 5.97 Å². The summed E-state index contributed by atoms with van der Waals surface area (Å²) >= 11 is 0. The van der Waals surface area contributed by atoms with Crippen molar-refractivity contribution < 1.29 is 19.5 Å². The topological polar surface area (TPSA) is 67.8 Å². The molecular formula is C21H29NO4. The van der Waals surface area contributed by atoms with Gasteiger partial charge >= 0.3 is 5.97 Å². The number of ether oxygens (including phenoxy) is 1. The lowest BCUT2D eigenvalue weighted by Crippen LogP contribution is -2.23. The number of unbranched alkanes of at least 4 members (excludes halogenated alkanes) is 2. The van der Waals surface area contributed by atoms with Crippen LogP contribution in [0.4, 0.5) is 0 Å². The first-order valence-electron chi connectivity index (χ1n) is 9.69. The molecule has 0 spiro atoms. The van der Waals surface area contributed by atoms with Crippen molar-refractivity contribution >= 4 is 5.97 Å². The molecule has 26 heavy (non-hydrogen) atoms. The van der Waals surface area contributed by atoms with Crippen molar-refractivity contribution in [3.05, 3.63) is 47.2 Å². The number of hydroxylamine groups is 1. The van der Waals surface area contributed by atoms with Crippen LogP contribution in [0.25, 0.3) is 0 Å². The zero-order valence-corrected chi connectivity index (χ0v) is 15.4. The van der Waals surface area contributed by atoms with Crippen LogP contribution in [-0.4, -0.2) is 29.9 Å². The van der Waals surface area contributed by atoms with E-state index >= 15 is 0 Å². The number of hydrogen-bond acceptors (Lipinski definition) is 4. The summed E-state index contributed by atoms with van der Waals surface area (Å²) in [6.07, 6.45) is 8.98. The van der Waals surface area contributed by atoms with Crippen LogP contribution in [0.15, 0.2) is 36.0 Å². The first kappa shape index (κ1) is 18.9. The zero-order valence-electron chi connectivity index (χ0n) is 15.4. The van der Waals surface area contributed by atoms with Gasteiger partial charge in [-0.1, -0.05) is 44.0 Å². The fourth-order valence-electron chi connectivity index (χ4n) is 3.99. The molecule has 1 aromatic rings. The summed E-state index contributed by atoms with van der Waals surface area (Å²) in [6, 6.07) is 7.90. The summed E-state index contributed by atoms with van der Waals surface area (Å²) in [7, 11) is 0. The number of rotatable bonds is 10. The minimum absolute atomic E-state index is 0.0664. The van der Waals surface area contributed by atoms with Crippen molar-refractivity contribution in [2.24, 2.45) is 5.92 Å². The molecule has 3 atom stereocenters. The van der Waals surface area contributed by atoms with Gasteiger partial charge in [0.15, 0.2) is 0 Å². The van der Waals surface area contributed by atoms with E-state index in [1.54, 1.807) is 0 Å². The van der Waals surface area contributed by atoms with Gasteiger partial charge in [-0.25, -0.2) is 0 Å². The van der Waals surface area contributed by atoms with E-state index in [0.717, 1.165) is 31.2 Å². The molecule has 2 N–H and O–H groups in total. The zero-order chi connectivity index (χ0) is 18.4. The first-order valence-corrected chi connectivity index (χ1v) is 9.69. The standard InChI is InChI=1S/C21H29NO4/c1-2-3-4-10-25-22-14-18-17(19-8-9-20(18)26-19)12-15-6-5-7-16(11-15)13-21(23)24/h5-7,11,14,17,19-20,22H,2-4,8-10,12-13H2,1H3,(H,23,24)/t17-,19-,20+/m0/s1. The molecule has 2 saturated heterocycles. The fraction of sp³-hybridized carbons (Fsp3) is 0.571. The Labute approximate surface area is 155 Å². The Morgan fingerprint density at radius 2 is 2.19 bits per heavy atom. The molecule has 5 nitrogen and oxygen atoms in total. The van der Waals surface area contributed by atoms with Gasteiger partial charge in [-0.2, -0.15) is 0 Å². The third kappa shape index (κ3) is 4.86. The summed E-state index contributed by atoms with van der Waals surface area (Å²) in [5.41, 5.74) is 6.30. The molecule has 2 bridgehead atoms. The highest BCUT2D eigenvalue weighted by atomic mass is 16.6. The van der Waals surface area contributed by atoms with Gasteiger partial charge in [-0.3, -0.25) is 15.1 Å². The quantitative estimate of drug-likeness (QED) is 0.493. The normalized spacial score (nSPS) is 25.7. The van der Waals surface area contributed by atoms with Crippen LogP contribution in [0.1, 0.15) is 50.2 Å². The van der Waals surface area contributed by atoms with Crippen LogP contribution in [0.5, 0.6) is 0 Å². The highest BCUT2D eigenvalue weighted by molar-refractivity contribution is 5.70. The monoisotopic (exact) mass is 359 g/mol. The summed E-state index contributed by atoms with van der Waals surface area (Å²) in [5, 5.41) is 8.99. The second-order valence-electron chi connectivity index (χ2n) is 7.26. The largest absolute Gasteiger partial charge is 0.481 e. The van der Waals surface area contributed by atoms with Crippen LogP contribution in [0, 0.1) is 5.92 Å². The predicted octanol–water partition coefficient (Wildman–Crippen LogP) is 3.63. The second kappa shape index (κ2) is 9.19. The highest BCUT2D eigenvalue weighted by Crippen LogP contribution is 2.44. The van der Waals surface area contributed by atoms with Gasteiger partial charge in [0.25, 0.3) is 0 Å². The van der Waals surface area contributed by atoms with Gasteiger partial charge in [-0.15, -0.1) is 0 Å². The number of hydrogen-bond donors (Lipinski definition) is 2. The number of carboxylic acid groups (broad SMARTS) is 1. The molecule has 3 rings (SSSR count). The van der Waals surface area contributed by atoms with E-state index in [-0.39, 0.29) is 18.6 Å². The van der Waals surface area contributed by atoms with Crippen molar-refractivity contribution in [1.82, 2.24) is 5.48 Å². The Kier molecular flexibility index (Phi) is 6.69. The molecule has 0 saturated carbocycles. The Morgan fingerprint density at radius 1 is 1.35 bits per heavy atom. The van der Waals surface area contributed by atoms with Gasteiger partial charge in [0.2, 0.25) is 0 Å². The van der Waals surface area contributed by atoms with Crippen LogP contribution in [-0.2, 0) is 27.2 Å². The van der Waals surface area contributed by atoms with Crippen LogP contribution >= 0.6 is 0 Å². The molecule has 2 aliphatic heterocycles. The second-order valence-corrected chi connectivity index (χ2v) is 7.26. The van der Waals surface area contributed by atoms with Gasteiger partial charge in [0.05, 0.1) is 25.2 Å². The smallest absolute Gasteiger partial charge is 0.307 e. The Bertz CT molecular complexity index is 643. The molecule has 142 valence electrons. The first-order chi connectivity index (χ1) is 12.7. The van der Waals surface area contributed by atoms with Gasteiger partial charge < -0.3 is 9.84 Å². The molecule has 2 heterocycles. The number of nitrogens with one attached hydrogen (secondary N) is 1. The van der Waals surface area contributed by atoms with Crippen LogP contribution < -0.4 is 5.48 Å².